The predicted octanol–water partition coefficient (Wildman–Crippen LogP) is 4.11. The SMILES string of the molecule is O=C(NC1CCCCCCC1)C1=NOC2(CCN(S(=O)(=O)c3ccc(OC(F)(F)F)cc3)CC2)C1. The van der Waals surface area contributed by atoms with Crippen molar-refractivity contribution in [3.8, 4) is 5.75 Å². The van der Waals surface area contributed by atoms with E-state index in [2.05, 4.69) is 15.2 Å². The van der Waals surface area contributed by atoms with E-state index in [-0.39, 0.29) is 29.9 Å². The van der Waals surface area contributed by atoms with Crippen molar-refractivity contribution in [2.45, 2.75) is 87.1 Å². The van der Waals surface area contributed by atoms with E-state index < -0.39 is 27.7 Å². The van der Waals surface area contributed by atoms with Crippen LogP contribution in [0.4, 0.5) is 13.2 Å². The van der Waals surface area contributed by atoms with Gasteiger partial charge in [0.05, 0.1) is 4.90 Å². The van der Waals surface area contributed by atoms with Crippen LogP contribution >= 0.6 is 0 Å². The van der Waals surface area contributed by atoms with Gasteiger partial charge in [0.2, 0.25) is 10.0 Å². The van der Waals surface area contributed by atoms with Crippen molar-refractivity contribution in [3.05, 3.63) is 24.3 Å². The number of hydrogen-bond donors (Lipinski definition) is 1. The van der Waals surface area contributed by atoms with Crippen molar-refractivity contribution in [2.24, 2.45) is 5.16 Å². The van der Waals surface area contributed by atoms with E-state index in [0.29, 0.717) is 25.0 Å². The molecule has 1 aliphatic carbocycles. The number of piperidine rings is 1. The highest BCUT2D eigenvalue weighted by molar-refractivity contribution is 7.89. The van der Waals surface area contributed by atoms with E-state index in [0.717, 1.165) is 49.9 Å². The summed E-state index contributed by atoms with van der Waals surface area (Å²) in [5, 5.41) is 7.12. The first-order valence-corrected chi connectivity index (χ1v) is 13.4. The lowest BCUT2D eigenvalue weighted by molar-refractivity contribution is -0.274. The summed E-state index contributed by atoms with van der Waals surface area (Å²) in [5.41, 5.74) is -0.382. The normalized spacial score (nSPS) is 22.1. The summed E-state index contributed by atoms with van der Waals surface area (Å²) < 4.78 is 68.0. The van der Waals surface area contributed by atoms with Gasteiger partial charge in [-0.05, 0) is 37.1 Å². The lowest BCUT2D eigenvalue weighted by Crippen LogP contribution is -2.47. The van der Waals surface area contributed by atoms with Gasteiger partial charge in [0.25, 0.3) is 5.91 Å². The Bertz CT molecular complexity index is 1030. The third-order valence-corrected chi connectivity index (χ3v) is 8.78. The zero-order valence-corrected chi connectivity index (χ0v) is 20.2. The second-order valence-electron chi connectivity index (χ2n) is 9.43. The van der Waals surface area contributed by atoms with Gasteiger partial charge in [-0.3, -0.25) is 4.79 Å². The van der Waals surface area contributed by atoms with Crippen LogP contribution in [0, 0.1) is 0 Å². The minimum Gasteiger partial charge on any atom is -0.406 e. The zero-order chi connectivity index (χ0) is 25.1. The lowest BCUT2D eigenvalue weighted by atomic mass is 9.87. The van der Waals surface area contributed by atoms with Crippen LogP contribution in [0.2, 0.25) is 0 Å². The van der Waals surface area contributed by atoms with Crippen LogP contribution in [0.15, 0.2) is 34.3 Å². The number of nitrogens with zero attached hydrogens (tertiary/aromatic N) is 2. The first-order chi connectivity index (χ1) is 16.6. The summed E-state index contributed by atoms with van der Waals surface area (Å²) in [5.74, 6) is -0.709. The van der Waals surface area contributed by atoms with Gasteiger partial charge in [0.1, 0.15) is 17.1 Å². The number of hydrogen-bond acceptors (Lipinski definition) is 6. The lowest BCUT2D eigenvalue weighted by Gasteiger charge is -2.36. The number of ether oxygens (including phenoxy) is 1. The maximum absolute atomic E-state index is 13.0. The number of oxime groups is 1. The molecule has 0 aromatic heterocycles. The molecule has 35 heavy (non-hydrogen) atoms. The van der Waals surface area contributed by atoms with Gasteiger partial charge in [-0.1, -0.05) is 37.3 Å². The fraction of sp³-hybridized carbons (Fsp3) is 0.652. The molecule has 2 fully saturated rings. The van der Waals surface area contributed by atoms with E-state index in [9.17, 15) is 26.4 Å². The number of benzene rings is 1. The molecule has 0 radical (unpaired) electrons. The van der Waals surface area contributed by atoms with E-state index in [1.807, 2.05) is 0 Å². The van der Waals surface area contributed by atoms with Crippen LogP contribution < -0.4 is 10.1 Å². The number of nitrogens with one attached hydrogen (secondary N) is 1. The highest BCUT2D eigenvalue weighted by Gasteiger charge is 2.46. The molecule has 0 bridgehead atoms. The molecule has 1 amide bonds. The van der Waals surface area contributed by atoms with Crippen molar-refractivity contribution in [1.29, 1.82) is 0 Å². The Morgan fingerprint density at radius 3 is 2.26 bits per heavy atom. The zero-order valence-electron chi connectivity index (χ0n) is 19.3. The molecule has 4 rings (SSSR count). The maximum atomic E-state index is 13.0. The van der Waals surface area contributed by atoms with Crippen molar-refractivity contribution >= 4 is 21.6 Å². The van der Waals surface area contributed by atoms with E-state index >= 15 is 0 Å². The standard InChI is InChI=1S/C23H30F3N3O5S/c24-23(25,26)33-18-8-10-19(11-9-18)35(31,32)29-14-12-22(13-15-29)16-20(28-34-22)21(30)27-17-6-4-2-1-3-5-7-17/h8-11,17H,1-7,12-16H2,(H,27,30). The molecule has 0 atom stereocenters. The van der Waals surface area contributed by atoms with Gasteiger partial charge in [-0.2, -0.15) is 4.31 Å². The van der Waals surface area contributed by atoms with Crippen molar-refractivity contribution in [3.63, 3.8) is 0 Å². The number of alkyl halides is 3. The van der Waals surface area contributed by atoms with Gasteiger partial charge >= 0.3 is 6.36 Å². The fourth-order valence-corrected chi connectivity index (χ4v) is 6.32. The van der Waals surface area contributed by atoms with Gasteiger partial charge in [0, 0.05) is 38.4 Å². The number of rotatable bonds is 5. The molecule has 1 saturated carbocycles. The first-order valence-electron chi connectivity index (χ1n) is 12.0. The quantitative estimate of drug-likeness (QED) is 0.634. The third-order valence-electron chi connectivity index (χ3n) is 6.87. The number of amides is 1. The van der Waals surface area contributed by atoms with E-state index in [1.54, 1.807) is 0 Å². The molecule has 2 aliphatic heterocycles. The molecule has 0 unspecified atom stereocenters. The topological polar surface area (TPSA) is 97.3 Å². The maximum Gasteiger partial charge on any atom is 0.573 e. The minimum absolute atomic E-state index is 0.120. The summed E-state index contributed by atoms with van der Waals surface area (Å²) in [7, 11) is -3.90. The molecule has 194 valence electrons. The smallest absolute Gasteiger partial charge is 0.406 e. The Morgan fingerprint density at radius 2 is 1.66 bits per heavy atom. The number of halogens is 3. The van der Waals surface area contributed by atoms with Gasteiger partial charge in [-0.25, -0.2) is 8.42 Å². The molecular formula is C23H30F3N3O5S. The number of carbonyl (C=O) groups is 1. The monoisotopic (exact) mass is 517 g/mol. The summed E-state index contributed by atoms with van der Waals surface area (Å²) in [4.78, 5) is 18.3. The molecule has 1 spiro atoms. The van der Waals surface area contributed by atoms with Crippen LogP contribution in [-0.2, 0) is 19.7 Å². The van der Waals surface area contributed by atoms with E-state index in [1.165, 1.54) is 23.6 Å². The molecule has 12 heteroatoms. The van der Waals surface area contributed by atoms with Crippen molar-refractivity contribution in [2.75, 3.05) is 13.1 Å². The number of sulfonamides is 1. The highest BCUT2D eigenvalue weighted by Crippen LogP contribution is 2.36. The summed E-state index contributed by atoms with van der Waals surface area (Å²) in [6.45, 7) is 0.298. The average molecular weight is 518 g/mol. The Hall–Kier alpha value is -2.34. The molecule has 1 N–H and O–H groups in total. The van der Waals surface area contributed by atoms with Crippen LogP contribution in [-0.4, -0.2) is 55.4 Å². The predicted molar refractivity (Wildman–Crippen MR) is 121 cm³/mol. The Labute approximate surface area is 202 Å². The Morgan fingerprint density at radius 1 is 1.06 bits per heavy atom. The van der Waals surface area contributed by atoms with Crippen LogP contribution in [0.25, 0.3) is 0 Å². The van der Waals surface area contributed by atoms with Gasteiger partial charge in [0.15, 0.2) is 0 Å². The highest BCUT2D eigenvalue weighted by atomic mass is 32.2. The largest absolute Gasteiger partial charge is 0.573 e. The minimum atomic E-state index is -4.85. The molecule has 1 saturated heterocycles. The first kappa shape index (κ1) is 25.7. The van der Waals surface area contributed by atoms with E-state index in [4.69, 9.17) is 4.84 Å². The Kier molecular flexibility index (Phi) is 7.60. The molecule has 3 aliphatic rings. The average Bonchev–Trinajstić information content (AvgIpc) is 3.18. The van der Waals surface area contributed by atoms with Crippen LogP contribution in [0.1, 0.15) is 64.2 Å². The molecule has 2 heterocycles. The summed E-state index contributed by atoms with van der Waals surface area (Å²) >= 11 is 0. The molecule has 1 aromatic carbocycles. The molecule has 8 nitrogen and oxygen atoms in total. The number of carbonyl (C=O) groups excluding carboxylic acids is 1. The molecule has 1 aromatic rings. The summed E-state index contributed by atoms with van der Waals surface area (Å²) in [6.07, 6.45) is 3.90. The van der Waals surface area contributed by atoms with Crippen molar-refractivity contribution < 1.29 is 36.0 Å². The van der Waals surface area contributed by atoms with Gasteiger partial charge in [-0.15, -0.1) is 13.2 Å². The Balaban J connectivity index is 1.31. The van der Waals surface area contributed by atoms with Gasteiger partial charge < -0.3 is 14.9 Å². The molecular weight excluding hydrogens is 487 g/mol. The van der Waals surface area contributed by atoms with Crippen molar-refractivity contribution in [1.82, 2.24) is 9.62 Å². The van der Waals surface area contributed by atoms with Crippen LogP contribution in [0.5, 0.6) is 5.75 Å². The third kappa shape index (κ3) is 6.46. The second-order valence-corrected chi connectivity index (χ2v) is 11.4. The second kappa shape index (κ2) is 10.3. The van der Waals surface area contributed by atoms with Crippen LogP contribution in [0.3, 0.4) is 0 Å². The summed E-state index contributed by atoms with van der Waals surface area (Å²) in [6, 6.07) is 4.27. The fourth-order valence-electron chi connectivity index (χ4n) is 4.88.